The highest BCUT2D eigenvalue weighted by Gasteiger charge is 2.10. The number of benzene rings is 2. The van der Waals surface area contributed by atoms with E-state index in [0.29, 0.717) is 37.1 Å². The lowest BCUT2D eigenvalue weighted by atomic mass is 10.1. The van der Waals surface area contributed by atoms with Crippen LogP contribution in [0.1, 0.15) is 24.1 Å². The van der Waals surface area contributed by atoms with Crippen LogP contribution < -0.4 is 16.2 Å². The first-order valence-corrected chi connectivity index (χ1v) is 10.2. The van der Waals surface area contributed by atoms with Crippen LogP contribution in [0.25, 0.3) is 21.7 Å². The molecular formula is C23H25N5O2. The highest BCUT2D eigenvalue weighted by molar-refractivity contribution is 5.90. The lowest BCUT2D eigenvalue weighted by molar-refractivity contribution is -0.121. The molecule has 0 fully saturated rings. The summed E-state index contributed by atoms with van der Waals surface area (Å²) in [5.74, 6) is 0.693. The summed E-state index contributed by atoms with van der Waals surface area (Å²) in [6.45, 7) is 3.28. The van der Waals surface area contributed by atoms with Crippen molar-refractivity contribution in [2.75, 3.05) is 18.4 Å². The van der Waals surface area contributed by atoms with Gasteiger partial charge in [-0.15, -0.1) is 0 Å². The smallest absolute Gasteiger partial charge is 0.272 e. The standard InChI is InChI=1S/C23H25N5O2/c1-15-16(17-7-4-5-10-20(17)26-15)11-12-21(29)24-13-6-14-25-22-18-8-2-3-9-19(18)23(30)28-27-22/h2-5,7-10,26H,6,11-14H2,1H3,(H,24,29)(H,25,27)(H,28,30). The molecule has 4 N–H and O–H groups in total. The Hall–Kier alpha value is -3.61. The van der Waals surface area contributed by atoms with Crippen LogP contribution in [0.2, 0.25) is 0 Å². The van der Waals surface area contributed by atoms with Crippen LogP contribution in [-0.4, -0.2) is 34.2 Å². The quantitative estimate of drug-likeness (QED) is 0.339. The minimum atomic E-state index is -0.200. The number of aromatic nitrogens is 3. The van der Waals surface area contributed by atoms with Gasteiger partial charge in [-0.2, -0.15) is 5.10 Å². The summed E-state index contributed by atoms with van der Waals surface area (Å²) in [4.78, 5) is 27.4. The molecule has 1 amide bonds. The van der Waals surface area contributed by atoms with Crippen LogP contribution >= 0.6 is 0 Å². The molecule has 2 heterocycles. The average Bonchev–Trinajstić information content (AvgIpc) is 3.08. The highest BCUT2D eigenvalue weighted by atomic mass is 16.1. The zero-order chi connectivity index (χ0) is 20.9. The minimum Gasteiger partial charge on any atom is -0.368 e. The molecule has 30 heavy (non-hydrogen) atoms. The third-order valence-corrected chi connectivity index (χ3v) is 5.29. The number of aryl methyl sites for hydroxylation is 2. The molecule has 0 atom stereocenters. The molecule has 0 aliphatic heterocycles. The van der Waals surface area contributed by atoms with E-state index in [4.69, 9.17) is 0 Å². The van der Waals surface area contributed by atoms with Gasteiger partial charge in [-0.3, -0.25) is 9.59 Å². The zero-order valence-corrected chi connectivity index (χ0v) is 16.9. The van der Waals surface area contributed by atoms with Gasteiger partial charge in [0.25, 0.3) is 5.56 Å². The van der Waals surface area contributed by atoms with E-state index in [2.05, 4.69) is 37.9 Å². The van der Waals surface area contributed by atoms with Crippen LogP contribution in [0.3, 0.4) is 0 Å². The van der Waals surface area contributed by atoms with Gasteiger partial charge >= 0.3 is 0 Å². The first kappa shape index (κ1) is 19.7. The number of carbonyl (C=O) groups is 1. The van der Waals surface area contributed by atoms with Crippen LogP contribution in [0.15, 0.2) is 53.3 Å². The van der Waals surface area contributed by atoms with Gasteiger partial charge in [-0.1, -0.05) is 36.4 Å². The number of amides is 1. The Balaban J connectivity index is 1.23. The molecule has 0 spiro atoms. The van der Waals surface area contributed by atoms with E-state index in [-0.39, 0.29) is 11.5 Å². The molecule has 0 bridgehead atoms. The van der Waals surface area contributed by atoms with Crippen molar-refractivity contribution in [2.24, 2.45) is 0 Å². The predicted molar refractivity (Wildman–Crippen MR) is 120 cm³/mol. The second-order valence-electron chi connectivity index (χ2n) is 7.35. The summed E-state index contributed by atoms with van der Waals surface area (Å²) in [6, 6.07) is 15.5. The molecule has 0 unspecified atom stereocenters. The van der Waals surface area contributed by atoms with Crippen molar-refractivity contribution in [3.63, 3.8) is 0 Å². The fourth-order valence-electron chi connectivity index (χ4n) is 3.76. The largest absolute Gasteiger partial charge is 0.368 e. The average molecular weight is 403 g/mol. The van der Waals surface area contributed by atoms with Crippen LogP contribution in [0.5, 0.6) is 0 Å². The van der Waals surface area contributed by atoms with Crippen LogP contribution in [-0.2, 0) is 11.2 Å². The lowest BCUT2D eigenvalue weighted by Crippen LogP contribution is -2.26. The number of nitrogens with one attached hydrogen (secondary N) is 4. The molecule has 2 aromatic heterocycles. The maximum atomic E-state index is 12.2. The minimum absolute atomic E-state index is 0.0484. The first-order valence-electron chi connectivity index (χ1n) is 10.2. The topological polar surface area (TPSA) is 103 Å². The van der Waals surface area contributed by atoms with E-state index in [1.54, 1.807) is 6.07 Å². The van der Waals surface area contributed by atoms with Gasteiger partial charge in [0.1, 0.15) is 0 Å². The normalized spacial score (nSPS) is 11.1. The summed E-state index contributed by atoms with van der Waals surface area (Å²) in [5, 5.41) is 15.4. The van der Waals surface area contributed by atoms with E-state index in [1.807, 2.05) is 37.3 Å². The van der Waals surface area contributed by atoms with Crippen LogP contribution in [0, 0.1) is 6.92 Å². The fraction of sp³-hybridized carbons (Fsp3) is 0.261. The molecule has 0 aliphatic carbocycles. The first-order chi connectivity index (χ1) is 14.6. The van der Waals surface area contributed by atoms with Gasteiger partial charge in [-0.05, 0) is 37.5 Å². The van der Waals surface area contributed by atoms with Gasteiger partial charge in [-0.25, -0.2) is 5.10 Å². The molecule has 7 heteroatoms. The second-order valence-corrected chi connectivity index (χ2v) is 7.35. The molecule has 4 rings (SSSR count). The second kappa shape index (κ2) is 8.82. The molecule has 0 saturated heterocycles. The highest BCUT2D eigenvalue weighted by Crippen LogP contribution is 2.23. The number of nitrogens with zero attached hydrogens (tertiary/aromatic N) is 1. The zero-order valence-electron chi connectivity index (χ0n) is 16.9. The number of carbonyl (C=O) groups excluding carboxylic acids is 1. The van der Waals surface area contributed by atoms with E-state index in [9.17, 15) is 9.59 Å². The number of aromatic amines is 2. The van der Waals surface area contributed by atoms with Crippen molar-refractivity contribution < 1.29 is 4.79 Å². The number of H-pyrrole nitrogens is 2. The maximum Gasteiger partial charge on any atom is 0.272 e. The molecule has 0 saturated carbocycles. The molecular weight excluding hydrogens is 378 g/mol. The Morgan fingerprint density at radius 1 is 1.00 bits per heavy atom. The number of anilines is 1. The Bertz CT molecular complexity index is 1240. The lowest BCUT2D eigenvalue weighted by Gasteiger charge is -2.09. The molecule has 2 aromatic carbocycles. The Morgan fingerprint density at radius 2 is 1.73 bits per heavy atom. The van der Waals surface area contributed by atoms with Crippen molar-refractivity contribution in [1.29, 1.82) is 0 Å². The molecule has 154 valence electrons. The van der Waals surface area contributed by atoms with Crippen molar-refractivity contribution in [3.8, 4) is 0 Å². The van der Waals surface area contributed by atoms with E-state index >= 15 is 0 Å². The molecule has 0 radical (unpaired) electrons. The summed E-state index contributed by atoms with van der Waals surface area (Å²) in [7, 11) is 0. The SMILES string of the molecule is Cc1[nH]c2ccccc2c1CCC(=O)NCCCNc1n[nH]c(=O)c2ccccc12. The van der Waals surface area contributed by atoms with E-state index in [0.717, 1.165) is 23.0 Å². The van der Waals surface area contributed by atoms with Gasteiger partial charge in [0.05, 0.1) is 5.39 Å². The van der Waals surface area contributed by atoms with Crippen LogP contribution in [0.4, 0.5) is 5.82 Å². The third-order valence-electron chi connectivity index (χ3n) is 5.29. The van der Waals surface area contributed by atoms with Gasteiger partial charge < -0.3 is 15.6 Å². The number of hydrogen-bond donors (Lipinski definition) is 4. The summed E-state index contributed by atoms with van der Waals surface area (Å²) < 4.78 is 0. The Kier molecular flexibility index (Phi) is 5.79. The summed E-state index contributed by atoms with van der Waals surface area (Å²) >= 11 is 0. The van der Waals surface area contributed by atoms with Gasteiger partial charge in [0.2, 0.25) is 5.91 Å². The number of fused-ring (bicyclic) bond motifs is 2. The van der Waals surface area contributed by atoms with Gasteiger partial charge in [0, 0.05) is 41.5 Å². The number of para-hydroxylation sites is 1. The Labute approximate surface area is 173 Å². The maximum absolute atomic E-state index is 12.2. The predicted octanol–water partition coefficient (Wildman–Crippen LogP) is 3.26. The van der Waals surface area contributed by atoms with E-state index < -0.39 is 0 Å². The van der Waals surface area contributed by atoms with Gasteiger partial charge in [0.15, 0.2) is 5.82 Å². The fourth-order valence-corrected chi connectivity index (χ4v) is 3.76. The summed E-state index contributed by atoms with van der Waals surface area (Å²) in [6.07, 6.45) is 1.93. The summed E-state index contributed by atoms with van der Waals surface area (Å²) in [5.41, 5.74) is 3.24. The van der Waals surface area contributed by atoms with E-state index in [1.165, 1.54) is 10.9 Å². The van der Waals surface area contributed by atoms with Crippen molar-refractivity contribution in [2.45, 2.75) is 26.2 Å². The number of rotatable bonds is 8. The van der Waals surface area contributed by atoms with Crippen molar-refractivity contribution in [1.82, 2.24) is 20.5 Å². The Morgan fingerprint density at radius 3 is 2.57 bits per heavy atom. The number of hydrogen-bond acceptors (Lipinski definition) is 4. The monoisotopic (exact) mass is 403 g/mol. The molecule has 0 aliphatic rings. The van der Waals surface area contributed by atoms with Crippen molar-refractivity contribution in [3.05, 3.63) is 70.1 Å². The molecule has 4 aromatic rings. The third kappa shape index (κ3) is 4.20. The van der Waals surface area contributed by atoms with Crippen molar-refractivity contribution >= 4 is 33.4 Å². The molecule has 7 nitrogen and oxygen atoms in total.